The van der Waals surface area contributed by atoms with Crippen LogP contribution < -0.4 is 15.1 Å². The number of carbonyl (C=O) groups is 1. The number of nitrogens with zero attached hydrogens (tertiary/aromatic N) is 1. The largest absolute Gasteiger partial charge is 0.360 e. The first-order chi connectivity index (χ1) is 14.8. The second-order valence-corrected chi connectivity index (χ2v) is 9.31. The predicted molar refractivity (Wildman–Crippen MR) is 123 cm³/mol. The van der Waals surface area contributed by atoms with E-state index in [4.69, 9.17) is 0 Å². The Balaban J connectivity index is 1.99. The normalized spacial score (nSPS) is 11.5. The van der Waals surface area contributed by atoms with Gasteiger partial charge in [-0.3, -0.25) is 13.9 Å². The summed E-state index contributed by atoms with van der Waals surface area (Å²) in [7, 11) is -2.42. The summed E-state index contributed by atoms with van der Waals surface area (Å²) < 4.78 is 27.5. The van der Waals surface area contributed by atoms with Gasteiger partial charge in [-0.05, 0) is 48.7 Å². The molecule has 7 nitrogen and oxygen atoms in total. The first kappa shape index (κ1) is 22.6. The van der Waals surface area contributed by atoms with Crippen molar-refractivity contribution in [3.63, 3.8) is 0 Å². The molecule has 0 bridgehead atoms. The van der Waals surface area contributed by atoms with Crippen LogP contribution in [0, 0.1) is 0 Å². The van der Waals surface area contributed by atoms with Crippen LogP contribution in [-0.2, 0) is 16.4 Å². The quantitative estimate of drug-likeness (QED) is 0.523. The van der Waals surface area contributed by atoms with E-state index in [0.29, 0.717) is 17.7 Å². The number of H-pyrrole nitrogens is 1. The highest BCUT2D eigenvalue weighted by Crippen LogP contribution is 2.24. The highest BCUT2D eigenvalue weighted by atomic mass is 32.2. The number of hydrogen-bond donors (Lipinski definition) is 2. The Labute approximate surface area is 182 Å². The van der Waals surface area contributed by atoms with Gasteiger partial charge in [-0.2, -0.15) is 0 Å². The van der Waals surface area contributed by atoms with E-state index in [1.807, 2.05) is 26.0 Å². The van der Waals surface area contributed by atoms with E-state index < -0.39 is 21.4 Å². The van der Waals surface area contributed by atoms with Gasteiger partial charge >= 0.3 is 0 Å². The van der Waals surface area contributed by atoms with Crippen molar-refractivity contribution in [1.29, 1.82) is 0 Å². The molecule has 0 aliphatic heterocycles. The number of benzene rings is 2. The van der Waals surface area contributed by atoms with Crippen LogP contribution in [0.25, 0.3) is 10.9 Å². The van der Waals surface area contributed by atoms with Crippen LogP contribution >= 0.6 is 0 Å². The third-order valence-corrected chi connectivity index (χ3v) is 7.06. The summed E-state index contributed by atoms with van der Waals surface area (Å²) in [5.74, 6) is -0.474. The molecule has 3 aromatic rings. The molecular weight excluding hydrogens is 414 g/mol. The minimum Gasteiger partial charge on any atom is -0.360 e. The number of rotatable bonds is 8. The molecule has 0 saturated carbocycles. The Hall–Kier alpha value is -3.13. The second-order valence-electron chi connectivity index (χ2n) is 7.34. The summed E-state index contributed by atoms with van der Waals surface area (Å²) in [6, 6.07) is 11.6. The lowest BCUT2D eigenvalue weighted by Crippen LogP contribution is -2.30. The molecule has 0 aliphatic carbocycles. The summed E-state index contributed by atoms with van der Waals surface area (Å²) in [6.45, 7) is 4.51. The molecule has 0 radical (unpaired) electrons. The van der Waals surface area contributed by atoms with Crippen molar-refractivity contribution in [1.82, 2.24) is 10.3 Å². The molecule has 1 amide bonds. The van der Waals surface area contributed by atoms with Crippen LogP contribution in [0.5, 0.6) is 0 Å². The van der Waals surface area contributed by atoms with E-state index in [1.54, 1.807) is 12.1 Å². The zero-order valence-corrected chi connectivity index (χ0v) is 18.8. The van der Waals surface area contributed by atoms with Gasteiger partial charge in [-0.1, -0.05) is 32.4 Å². The van der Waals surface area contributed by atoms with E-state index >= 15 is 0 Å². The van der Waals surface area contributed by atoms with Crippen molar-refractivity contribution in [2.45, 2.75) is 38.0 Å². The molecular formula is C23H27N3O4S. The molecule has 0 fully saturated rings. The summed E-state index contributed by atoms with van der Waals surface area (Å²) in [5.41, 5.74) is 1.55. The monoisotopic (exact) mass is 441 g/mol. The van der Waals surface area contributed by atoms with Crippen molar-refractivity contribution in [2.75, 3.05) is 17.9 Å². The molecule has 2 aromatic carbocycles. The Bertz CT molecular complexity index is 1250. The van der Waals surface area contributed by atoms with Gasteiger partial charge in [0.25, 0.3) is 15.9 Å². The first-order valence-electron chi connectivity index (χ1n) is 10.3. The second kappa shape index (κ2) is 9.34. The number of carbonyl (C=O) groups excluding carboxylic acids is 1. The number of nitrogens with one attached hydrogen (secondary N) is 2. The summed E-state index contributed by atoms with van der Waals surface area (Å²) in [5, 5.41) is 2.87. The molecule has 1 heterocycles. The number of aromatic nitrogens is 1. The number of pyridine rings is 1. The Morgan fingerprint density at radius 3 is 2.45 bits per heavy atom. The summed E-state index contributed by atoms with van der Waals surface area (Å²) >= 11 is 0. The van der Waals surface area contributed by atoms with Crippen LogP contribution in [0.2, 0.25) is 0 Å². The van der Waals surface area contributed by atoms with E-state index in [2.05, 4.69) is 10.3 Å². The molecule has 0 spiro atoms. The van der Waals surface area contributed by atoms with Gasteiger partial charge in [0.15, 0.2) is 0 Å². The molecule has 164 valence electrons. The van der Waals surface area contributed by atoms with E-state index in [0.717, 1.165) is 24.8 Å². The van der Waals surface area contributed by atoms with Gasteiger partial charge in [0.05, 0.1) is 10.6 Å². The van der Waals surface area contributed by atoms with Crippen molar-refractivity contribution in [3.8, 4) is 0 Å². The van der Waals surface area contributed by atoms with Gasteiger partial charge in [0, 0.05) is 30.7 Å². The fourth-order valence-corrected chi connectivity index (χ4v) is 4.46. The van der Waals surface area contributed by atoms with E-state index in [9.17, 15) is 18.0 Å². The van der Waals surface area contributed by atoms with Gasteiger partial charge in [0.2, 0.25) is 5.43 Å². The number of sulfonamides is 1. The maximum atomic E-state index is 13.2. The smallest absolute Gasteiger partial charge is 0.264 e. The lowest BCUT2D eigenvalue weighted by molar-refractivity contribution is 0.0952. The zero-order chi connectivity index (χ0) is 22.6. The molecule has 1 aromatic heterocycles. The minimum atomic E-state index is -3.89. The molecule has 0 unspecified atom stereocenters. The van der Waals surface area contributed by atoms with Crippen LogP contribution in [-0.4, -0.2) is 32.9 Å². The third-order valence-electron chi connectivity index (χ3n) is 5.28. The van der Waals surface area contributed by atoms with Crippen LogP contribution in [0.3, 0.4) is 0 Å². The molecule has 0 aliphatic rings. The maximum absolute atomic E-state index is 13.2. The number of unbranched alkanes of at least 4 members (excludes halogenated alkanes) is 1. The lowest BCUT2D eigenvalue weighted by atomic mass is 10.1. The Morgan fingerprint density at radius 1 is 1.10 bits per heavy atom. The minimum absolute atomic E-state index is 0.0175. The highest BCUT2D eigenvalue weighted by Gasteiger charge is 2.23. The van der Waals surface area contributed by atoms with Crippen molar-refractivity contribution in [2.24, 2.45) is 0 Å². The SMILES string of the molecule is CCCCNC(=O)c1c[nH]c2ccc(S(=O)(=O)N(C)c3ccc(CC)cc3)cc2c1=O. The van der Waals surface area contributed by atoms with Crippen molar-refractivity contribution in [3.05, 3.63) is 70.0 Å². The number of fused-ring (bicyclic) bond motifs is 1. The van der Waals surface area contributed by atoms with Gasteiger partial charge in [-0.25, -0.2) is 8.42 Å². The molecule has 8 heteroatoms. The standard InChI is InChI=1S/C23H27N3O4S/c1-4-6-13-24-23(28)20-15-25-21-12-11-18(14-19(21)22(20)27)31(29,30)26(3)17-9-7-16(5-2)8-10-17/h7-12,14-15H,4-6,13H2,1-3H3,(H,24,28)(H,25,27). The molecule has 31 heavy (non-hydrogen) atoms. The topological polar surface area (TPSA) is 99.3 Å². The Kier molecular flexibility index (Phi) is 6.80. The number of amides is 1. The summed E-state index contributed by atoms with van der Waals surface area (Å²) in [6.07, 6.45) is 3.95. The average Bonchev–Trinajstić information content (AvgIpc) is 2.78. The lowest BCUT2D eigenvalue weighted by Gasteiger charge is -2.20. The number of anilines is 1. The fourth-order valence-electron chi connectivity index (χ4n) is 3.24. The van der Waals surface area contributed by atoms with Crippen LogP contribution in [0.1, 0.15) is 42.6 Å². The van der Waals surface area contributed by atoms with E-state index in [-0.39, 0.29) is 15.8 Å². The number of hydrogen-bond acceptors (Lipinski definition) is 4. The predicted octanol–water partition coefficient (Wildman–Crippen LogP) is 3.45. The third kappa shape index (κ3) is 4.64. The van der Waals surface area contributed by atoms with Crippen LogP contribution in [0.15, 0.2) is 58.4 Å². The van der Waals surface area contributed by atoms with Crippen LogP contribution in [0.4, 0.5) is 5.69 Å². The fraction of sp³-hybridized carbons (Fsp3) is 0.304. The molecule has 3 rings (SSSR count). The molecule has 0 saturated heterocycles. The van der Waals surface area contributed by atoms with Gasteiger partial charge < -0.3 is 10.3 Å². The van der Waals surface area contributed by atoms with Gasteiger partial charge in [0.1, 0.15) is 5.56 Å². The number of aromatic amines is 1. The average molecular weight is 442 g/mol. The maximum Gasteiger partial charge on any atom is 0.264 e. The zero-order valence-electron chi connectivity index (χ0n) is 17.9. The number of aryl methyl sites for hydroxylation is 1. The highest BCUT2D eigenvalue weighted by molar-refractivity contribution is 7.92. The first-order valence-corrected chi connectivity index (χ1v) is 11.7. The molecule has 0 atom stereocenters. The van der Waals surface area contributed by atoms with Gasteiger partial charge in [-0.15, -0.1) is 0 Å². The summed E-state index contributed by atoms with van der Waals surface area (Å²) in [4.78, 5) is 28.2. The van der Waals surface area contributed by atoms with Crippen molar-refractivity contribution >= 4 is 32.5 Å². The molecule has 2 N–H and O–H groups in total. The van der Waals surface area contributed by atoms with E-state index in [1.165, 1.54) is 35.7 Å². The van der Waals surface area contributed by atoms with Crippen molar-refractivity contribution < 1.29 is 13.2 Å². The Morgan fingerprint density at radius 2 is 1.81 bits per heavy atom.